The van der Waals surface area contributed by atoms with E-state index in [1.807, 2.05) is 11.3 Å². The van der Waals surface area contributed by atoms with Crippen LogP contribution in [0.15, 0.2) is 24.3 Å². The van der Waals surface area contributed by atoms with E-state index in [0.717, 1.165) is 13.0 Å². The lowest BCUT2D eigenvalue weighted by Gasteiger charge is -1.90. The molecule has 13 heavy (non-hydrogen) atoms. The molecule has 0 bridgehead atoms. The van der Waals surface area contributed by atoms with Crippen molar-refractivity contribution in [2.75, 3.05) is 0 Å². The molecule has 0 spiro atoms. The van der Waals surface area contributed by atoms with Crippen LogP contribution >= 0.6 is 11.3 Å². The van der Waals surface area contributed by atoms with Crippen LogP contribution in [-0.4, -0.2) is 0 Å². The summed E-state index contributed by atoms with van der Waals surface area (Å²) in [5.41, 5.74) is 1.38. The van der Waals surface area contributed by atoms with Gasteiger partial charge < -0.3 is 0 Å². The number of hydrogen-bond donors (Lipinski definition) is 0. The Balaban J connectivity index is 2.73. The average Bonchev–Trinajstić information content (AvgIpc) is 2.55. The SMILES string of the molecule is CCc1sc2ccccc2[n+]1CC. The van der Waals surface area contributed by atoms with Crippen molar-refractivity contribution in [1.82, 2.24) is 0 Å². The average molecular weight is 192 g/mol. The standard InChI is InChI=1S/C11H14NS/c1-3-11-12(4-2)9-7-5-6-8-10(9)13-11/h5-8H,3-4H2,1-2H3/q+1. The second kappa shape index (κ2) is 3.46. The summed E-state index contributed by atoms with van der Waals surface area (Å²) in [4.78, 5) is 0. The minimum atomic E-state index is 1.08. The summed E-state index contributed by atoms with van der Waals surface area (Å²) in [6, 6.07) is 8.62. The normalized spacial score (nSPS) is 10.9. The van der Waals surface area contributed by atoms with Crippen molar-refractivity contribution >= 4 is 21.6 Å². The molecule has 2 rings (SSSR count). The molecular weight excluding hydrogens is 178 g/mol. The molecule has 0 saturated carbocycles. The Morgan fingerprint density at radius 1 is 1.23 bits per heavy atom. The minimum Gasteiger partial charge on any atom is -0.186 e. The number of aryl methyl sites for hydroxylation is 2. The Kier molecular flexibility index (Phi) is 2.32. The number of thiazole rings is 1. The van der Waals surface area contributed by atoms with Gasteiger partial charge in [-0.1, -0.05) is 30.4 Å². The molecule has 0 N–H and O–H groups in total. The molecule has 0 saturated heterocycles. The summed E-state index contributed by atoms with van der Waals surface area (Å²) < 4.78 is 3.81. The summed E-state index contributed by atoms with van der Waals surface area (Å²) in [7, 11) is 0. The third-order valence-corrected chi connectivity index (χ3v) is 3.61. The van der Waals surface area contributed by atoms with E-state index in [4.69, 9.17) is 0 Å². The third-order valence-electron chi connectivity index (χ3n) is 2.30. The maximum absolute atomic E-state index is 2.40. The topological polar surface area (TPSA) is 3.88 Å². The molecule has 0 unspecified atom stereocenters. The van der Waals surface area contributed by atoms with Gasteiger partial charge in [0.2, 0.25) is 10.5 Å². The third kappa shape index (κ3) is 1.35. The first kappa shape index (κ1) is 8.70. The molecule has 1 heterocycles. The van der Waals surface area contributed by atoms with Gasteiger partial charge in [-0.3, -0.25) is 0 Å². The summed E-state index contributed by atoms with van der Waals surface area (Å²) in [6.45, 7) is 5.50. The first-order valence-electron chi connectivity index (χ1n) is 4.77. The maximum atomic E-state index is 2.40. The molecule has 2 aromatic rings. The van der Waals surface area contributed by atoms with Crippen LogP contribution in [0.4, 0.5) is 0 Å². The molecule has 68 valence electrons. The predicted molar refractivity (Wildman–Crippen MR) is 57.1 cm³/mol. The Morgan fingerprint density at radius 2 is 2.00 bits per heavy atom. The van der Waals surface area contributed by atoms with Gasteiger partial charge in [-0.05, 0) is 13.0 Å². The zero-order valence-corrected chi connectivity index (χ0v) is 8.90. The molecule has 0 amide bonds. The fraction of sp³-hybridized carbons (Fsp3) is 0.364. The molecule has 1 aromatic carbocycles. The Labute approximate surface area is 82.6 Å². The van der Waals surface area contributed by atoms with Gasteiger partial charge in [-0.15, -0.1) is 0 Å². The summed E-state index contributed by atoms with van der Waals surface area (Å²) in [6.07, 6.45) is 1.13. The Bertz CT molecular complexity index is 417. The molecular formula is C11H14NS+. The van der Waals surface area contributed by atoms with E-state index >= 15 is 0 Å². The van der Waals surface area contributed by atoms with Crippen molar-refractivity contribution in [3.05, 3.63) is 29.3 Å². The van der Waals surface area contributed by atoms with Gasteiger partial charge in [0.25, 0.3) is 0 Å². The van der Waals surface area contributed by atoms with E-state index in [1.54, 1.807) is 0 Å². The monoisotopic (exact) mass is 192 g/mol. The highest BCUT2D eigenvalue weighted by atomic mass is 32.1. The molecule has 0 aliphatic rings. The first-order chi connectivity index (χ1) is 6.36. The lowest BCUT2D eigenvalue weighted by Crippen LogP contribution is -2.34. The van der Waals surface area contributed by atoms with Crippen LogP contribution in [0, 0.1) is 0 Å². The number of aromatic nitrogens is 1. The molecule has 1 nitrogen and oxygen atoms in total. The van der Waals surface area contributed by atoms with Crippen molar-refractivity contribution in [3.63, 3.8) is 0 Å². The Hall–Kier alpha value is -0.890. The van der Waals surface area contributed by atoms with Gasteiger partial charge >= 0.3 is 0 Å². The van der Waals surface area contributed by atoms with E-state index in [-0.39, 0.29) is 0 Å². The van der Waals surface area contributed by atoms with Crippen LogP contribution in [0.3, 0.4) is 0 Å². The number of hydrogen-bond acceptors (Lipinski definition) is 1. The van der Waals surface area contributed by atoms with E-state index in [2.05, 4.69) is 42.7 Å². The number of fused-ring (bicyclic) bond motifs is 1. The largest absolute Gasteiger partial charge is 0.238 e. The van der Waals surface area contributed by atoms with Gasteiger partial charge in [0.05, 0.1) is 0 Å². The van der Waals surface area contributed by atoms with Crippen molar-refractivity contribution in [2.24, 2.45) is 0 Å². The van der Waals surface area contributed by atoms with Crippen LogP contribution in [0.1, 0.15) is 18.9 Å². The van der Waals surface area contributed by atoms with Gasteiger partial charge in [0.15, 0.2) is 0 Å². The highest BCUT2D eigenvalue weighted by Crippen LogP contribution is 2.19. The van der Waals surface area contributed by atoms with Gasteiger partial charge in [-0.25, -0.2) is 0 Å². The van der Waals surface area contributed by atoms with Crippen LogP contribution in [-0.2, 0) is 13.0 Å². The van der Waals surface area contributed by atoms with Crippen LogP contribution in [0.5, 0.6) is 0 Å². The molecule has 0 aliphatic heterocycles. The molecule has 0 radical (unpaired) electrons. The minimum absolute atomic E-state index is 1.08. The van der Waals surface area contributed by atoms with E-state index in [0.29, 0.717) is 0 Å². The second-order valence-electron chi connectivity index (χ2n) is 3.06. The van der Waals surface area contributed by atoms with Crippen molar-refractivity contribution < 1.29 is 4.57 Å². The summed E-state index contributed by atoms with van der Waals surface area (Å²) in [5.74, 6) is 0. The molecule has 1 aromatic heterocycles. The summed E-state index contributed by atoms with van der Waals surface area (Å²) >= 11 is 1.91. The second-order valence-corrected chi connectivity index (χ2v) is 4.18. The van der Waals surface area contributed by atoms with Crippen molar-refractivity contribution in [2.45, 2.75) is 26.8 Å². The lowest BCUT2D eigenvalue weighted by atomic mass is 10.3. The smallest absolute Gasteiger partial charge is 0.186 e. The fourth-order valence-electron chi connectivity index (χ4n) is 1.69. The highest BCUT2D eigenvalue weighted by Gasteiger charge is 2.15. The van der Waals surface area contributed by atoms with Gasteiger partial charge in [0.1, 0.15) is 11.2 Å². The summed E-state index contributed by atoms with van der Waals surface area (Å²) in [5, 5.41) is 1.48. The van der Waals surface area contributed by atoms with Crippen molar-refractivity contribution in [1.29, 1.82) is 0 Å². The molecule has 0 aliphatic carbocycles. The number of para-hydroxylation sites is 1. The zero-order chi connectivity index (χ0) is 9.26. The van der Waals surface area contributed by atoms with Crippen LogP contribution in [0.2, 0.25) is 0 Å². The fourth-order valence-corrected chi connectivity index (χ4v) is 2.86. The highest BCUT2D eigenvalue weighted by molar-refractivity contribution is 7.18. The van der Waals surface area contributed by atoms with Gasteiger partial charge in [-0.2, -0.15) is 4.57 Å². The van der Waals surface area contributed by atoms with Crippen molar-refractivity contribution in [3.8, 4) is 0 Å². The van der Waals surface area contributed by atoms with Crippen LogP contribution < -0.4 is 4.57 Å². The number of benzene rings is 1. The molecule has 0 fully saturated rings. The Morgan fingerprint density at radius 3 is 2.69 bits per heavy atom. The van der Waals surface area contributed by atoms with Gasteiger partial charge in [0, 0.05) is 12.5 Å². The number of rotatable bonds is 2. The molecule has 0 atom stereocenters. The van der Waals surface area contributed by atoms with Crippen LogP contribution in [0.25, 0.3) is 10.2 Å². The lowest BCUT2D eigenvalue weighted by molar-refractivity contribution is -0.670. The zero-order valence-electron chi connectivity index (χ0n) is 8.08. The van der Waals surface area contributed by atoms with E-state index in [9.17, 15) is 0 Å². The van der Waals surface area contributed by atoms with E-state index in [1.165, 1.54) is 15.2 Å². The number of nitrogens with zero attached hydrogens (tertiary/aromatic N) is 1. The molecule has 2 heteroatoms. The first-order valence-corrected chi connectivity index (χ1v) is 5.58. The predicted octanol–water partition coefficient (Wildman–Crippen LogP) is 2.77. The maximum Gasteiger partial charge on any atom is 0.238 e. The van der Waals surface area contributed by atoms with E-state index < -0.39 is 0 Å². The quantitative estimate of drug-likeness (QED) is 0.644.